The first-order chi connectivity index (χ1) is 46.6. The van der Waals surface area contributed by atoms with E-state index in [1.165, 1.54) is 84.6 Å². The average molecular weight is 1440 g/mol. The molecular weight excluding hydrogens is 1300 g/mol. The molecule has 2 heterocycles. The van der Waals surface area contributed by atoms with Gasteiger partial charge in [0.25, 0.3) is 0 Å². The topological polar surface area (TPSA) is 252 Å². The van der Waals surface area contributed by atoms with Crippen molar-refractivity contribution in [3.8, 4) is 0 Å². The molecule has 5 aliphatic carbocycles. The van der Waals surface area contributed by atoms with Crippen LogP contribution in [0.2, 0.25) is 0 Å². The number of carbonyl (C=O) groups excluding carboxylic acids is 6. The minimum atomic E-state index is -3.79. The predicted octanol–water partition coefficient (Wildman–Crippen LogP) is 8.90. The number of aliphatic carboxylic acids is 1. The van der Waals surface area contributed by atoms with Gasteiger partial charge < -0.3 is 20.6 Å². The number of sulfone groups is 1. The number of carboxylic acids is 1. The Morgan fingerprint density at radius 3 is 1.43 bits per heavy atom. The minimum absolute atomic E-state index is 0. The number of alkyl halides is 4. The van der Waals surface area contributed by atoms with Crippen LogP contribution in [0.3, 0.4) is 0 Å². The van der Waals surface area contributed by atoms with Crippen molar-refractivity contribution in [2.24, 2.45) is 39.6 Å². The molecule has 7 aliphatic rings. The summed E-state index contributed by atoms with van der Waals surface area (Å²) in [6.07, 6.45) is -17.7. The first-order valence-electron chi connectivity index (χ1n) is 38.2. The summed E-state index contributed by atoms with van der Waals surface area (Å²) in [5, 5.41) is 12.2. The number of hydrogen-bond donors (Lipinski definition) is 2. The third-order valence-electron chi connectivity index (χ3n) is 12.1. The van der Waals surface area contributed by atoms with E-state index in [4.69, 9.17) is 75.5 Å². The van der Waals surface area contributed by atoms with E-state index in [0.717, 1.165) is 24.9 Å². The van der Waals surface area contributed by atoms with Crippen molar-refractivity contribution in [1.29, 1.82) is 6.77 Å². The Labute approximate surface area is 624 Å². The largest absolute Gasteiger partial charge is 1.00 e. The SMILES string of the molecule is C.C.C.C.C.C1CCN2CCCN=C2C1.CC(=O)C1CCC(=O)CC1.CI.[2H]C(Cl)(Cl)Cl.[2H]C1([2H])CC(C(=O)O)CC([2H])([2H])C1([2H])[2H].[2H]C1([2H])CC(C(C)=O)CC([2H])([2H])C1([2H])[2H].[2H]C1([2H])CC(C(C)=O)CC([2H])([2H])C1=NCS(=O)(=O)c1ccc(C)cc1.[2H]C1([2H])CC(C(C)=O)CC([2H])([2H])C1=O.[2H]OC.[2H][B-]([2H])([2H])[2H].[Li+].[Na+].[OH-]. The molecule has 0 atom stereocenters. The maximum Gasteiger partial charge on any atom is 1.00 e. The van der Waals surface area contributed by atoms with E-state index in [1.54, 1.807) is 19.1 Å². The molecule has 8 rings (SSSR count). The molecular formula is C63H118BCl3ILiN3NaO12S. The number of benzene rings is 1. The summed E-state index contributed by atoms with van der Waals surface area (Å²) in [4.78, 5) is 90.0. The van der Waals surface area contributed by atoms with Gasteiger partial charge in [-0.15, -0.1) is 0 Å². The van der Waals surface area contributed by atoms with Gasteiger partial charge in [0.15, 0.2) is 14.1 Å². The first kappa shape index (κ1) is 58.8. The van der Waals surface area contributed by atoms with Crippen LogP contribution in [0.4, 0.5) is 0 Å². The second kappa shape index (κ2) is 64.1. The van der Waals surface area contributed by atoms with Gasteiger partial charge in [0, 0.05) is 116 Å². The number of piperidine rings is 1. The molecule has 0 amide bonds. The van der Waals surface area contributed by atoms with Crippen LogP contribution in [0.15, 0.2) is 39.1 Å². The summed E-state index contributed by atoms with van der Waals surface area (Å²) >= 11 is 16.3. The van der Waals surface area contributed by atoms with Crippen LogP contribution >= 0.6 is 57.4 Å². The summed E-state index contributed by atoms with van der Waals surface area (Å²) in [7, 11) is -5.50. The number of hydrogen-bond acceptors (Lipinski definition) is 14. The van der Waals surface area contributed by atoms with Crippen molar-refractivity contribution in [3.05, 3.63) is 29.8 Å². The number of aryl methyl sites for hydroxylation is 1. The quantitative estimate of drug-likeness (QED) is 0.140. The molecule has 23 heteroatoms. The van der Waals surface area contributed by atoms with Gasteiger partial charge in [-0.3, -0.25) is 43.5 Å². The number of rotatable bonds is 8. The zero-order valence-electron chi connectivity index (χ0n) is 74.2. The van der Waals surface area contributed by atoms with Gasteiger partial charge in [-0.05, 0) is 148 Å². The van der Waals surface area contributed by atoms with Gasteiger partial charge in [-0.2, -0.15) is 0 Å². The Morgan fingerprint density at radius 2 is 1.05 bits per heavy atom. The molecule has 0 spiro atoms. The van der Waals surface area contributed by atoms with E-state index >= 15 is 0 Å². The van der Waals surface area contributed by atoms with Crippen molar-refractivity contribution >= 4 is 128 Å². The van der Waals surface area contributed by atoms with Crippen molar-refractivity contribution in [1.82, 2.24) is 4.90 Å². The second-order valence-corrected chi connectivity index (χ2v) is 21.6. The maximum atomic E-state index is 12.4. The summed E-state index contributed by atoms with van der Waals surface area (Å²) in [6, 6.07) is 6.19. The van der Waals surface area contributed by atoms with E-state index in [9.17, 15) is 42.0 Å². The fourth-order valence-electron chi connectivity index (χ4n) is 7.33. The van der Waals surface area contributed by atoms with Gasteiger partial charge in [0.05, 0.1) is 18.0 Å². The minimum Gasteiger partial charge on any atom is -0.870 e. The van der Waals surface area contributed by atoms with Gasteiger partial charge in [0.1, 0.15) is 40.6 Å². The molecule has 0 radical (unpaired) electrons. The molecule has 15 nitrogen and oxygen atoms in total. The molecule has 1 aromatic carbocycles. The third kappa shape index (κ3) is 50.6. The van der Waals surface area contributed by atoms with E-state index in [-0.39, 0.29) is 163 Å². The molecule has 0 aromatic heterocycles. The fraction of sp³-hybridized carbons (Fsp3) is 0.762. The summed E-state index contributed by atoms with van der Waals surface area (Å²) in [6.45, 7) is 10.9. The maximum absolute atomic E-state index is 12.4. The predicted molar refractivity (Wildman–Crippen MR) is 369 cm³/mol. The van der Waals surface area contributed by atoms with Crippen LogP contribution in [-0.2, 0) is 43.4 Å². The smallest absolute Gasteiger partial charge is 0.870 e. The molecule has 0 bridgehead atoms. The van der Waals surface area contributed by atoms with Crippen LogP contribution in [-0.4, -0.2) is 138 Å². The number of Topliss-reactive ketones (excluding diaryl/α,β-unsaturated/α-hetero) is 6. The summed E-state index contributed by atoms with van der Waals surface area (Å²) in [5.74, 6) is -5.05. The molecule has 5 saturated carbocycles. The Balaban J connectivity index is -0.000000135. The van der Waals surface area contributed by atoms with Gasteiger partial charge >= 0.3 is 54.4 Å². The van der Waals surface area contributed by atoms with Crippen molar-refractivity contribution in [3.63, 3.8) is 0 Å². The van der Waals surface area contributed by atoms with Crippen molar-refractivity contribution in [2.45, 2.75) is 247 Å². The van der Waals surface area contributed by atoms with Gasteiger partial charge in [0.2, 0.25) is 1.43 Å². The Hall–Kier alpha value is -1.02. The fourth-order valence-corrected chi connectivity index (χ4v) is 8.33. The summed E-state index contributed by atoms with van der Waals surface area (Å²) < 4.78 is 210. The second-order valence-electron chi connectivity index (χ2n) is 17.9. The Kier molecular flexibility index (Phi) is 43.8. The van der Waals surface area contributed by atoms with E-state index < -0.39 is 146 Å². The number of nitrogens with zero attached hydrogens (tertiary/aromatic N) is 3. The van der Waals surface area contributed by atoms with Gasteiger partial charge in [-0.25, -0.2) is 13.8 Å². The summed E-state index contributed by atoms with van der Waals surface area (Å²) in [5.41, 5.74) is 0.466. The third-order valence-corrected chi connectivity index (χ3v) is 13.5. The normalized spacial score (nSPS) is 28.2. The molecule has 3 N–H and O–H groups in total. The number of halogens is 4. The van der Waals surface area contributed by atoms with Crippen LogP contribution in [0.5, 0.6) is 0 Å². The number of amidine groups is 1. The van der Waals surface area contributed by atoms with Crippen LogP contribution in [0.25, 0.3) is 0 Å². The Morgan fingerprint density at radius 1 is 0.686 bits per heavy atom. The van der Waals surface area contributed by atoms with Crippen LogP contribution < -0.4 is 48.4 Å². The first-order valence-corrected chi connectivity index (χ1v) is 29.9. The average Bonchev–Trinajstić information content (AvgIpc) is 0.744. The monoisotopic (exact) mass is 1440 g/mol. The van der Waals surface area contributed by atoms with Crippen molar-refractivity contribution in [2.75, 3.05) is 37.6 Å². The molecule has 2 aliphatic heterocycles. The number of aliphatic hydroxyl groups excluding tert-OH is 1. The van der Waals surface area contributed by atoms with Crippen molar-refractivity contribution < 1.29 is 135 Å². The number of aliphatic imine (C=N–C) groups is 2. The number of carbonyl (C=O) groups is 7. The molecule has 1 aromatic rings. The van der Waals surface area contributed by atoms with Crippen LogP contribution in [0, 0.1) is 36.5 Å². The van der Waals surface area contributed by atoms with E-state index in [0.29, 0.717) is 18.6 Å². The number of ketones is 6. The molecule has 0 unspecified atom stereocenters. The van der Waals surface area contributed by atoms with Gasteiger partial charge in [-0.1, -0.05) is 159 Å². The molecule has 86 heavy (non-hydrogen) atoms. The molecule has 6 fully saturated rings. The van der Waals surface area contributed by atoms with E-state index in [2.05, 4.69) is 42.6 Å². The van der Waals surface area contributed by atoms with Crippen LogP contribution in [0.1, 0.15) is 266 Å². The van der Waals surface area contributed by atoms with E-state index in [1.807, 2.05) is 11.9 Å². The Bertz CT molecular complexity index is 3040. The number of carboxylic acid groups (broad SMARTS) is 1. The molecule has 496 valence electrons. The standard InChI is InChI=1S/C16H21NO3S.C8H14N2.2C8H12O2.C8H14O.C7H12O2.CHCl3.CH3I.CH4O.5CH4.BH4.Li.Na.H2O/c1-12-3-9-16(10-4-12)21(19,20)11-17-15-7-5-14(6-8-15)13(2)18;1-2-6-10-7-3-5-9-8(10)4-1;2*1-6(9)7-2-4-8(10)5-3-7;1-7(9)8-5-3-2-4-6-8;8-7(9)6-4-2-1-3-5-6;2-1(3)4;2*1-2;;;;;;;;;/h3-4,9-10,14H,5-8,11H2,1-2H3;1-7H2;2*7H,2-5H2,1H3;8H,2-6H2,1H3;6H,1-5H2,(H,8,9);1H;1H3;2H,1H3;6*1H4;;;1H2/q;;;;;;;;;;;;;;-1;2*+1;/p-1/i7D2,8D2;;4D2,5D2;;2D2,3D2,4D2;1D2,2D2,3D2;1D;;2D;;;;;;1D4;;;. The zero-order chi connectivity index (χ0) is 82.4. The number of aliphatic hydroxyl groups is 1. The number of fused-ring (bicyclic) bond motifs is 1. The zero-order valence-corrected chi connectivity index (χ0v) is 55.4. The molecule has 1 saturated heterocycles.